The van der Waals surface area contributed by atoms with E-state index in [2.05, 4.69) is 49.6 Å². The number of nitrogens with zero attached hydrogens (tertiary/aromatic N) is 1. The third-order valence-corrected chi connectivity index (χ3v) is 4.44. The van der Waals surface area contributed by atoms with Crippen LogP contribution in [0.15, 0.2) is 54.8 Å². The smallest absolute Gasteiger partial charge is 0.131 e. The van der Waals surface area contributed by atoms with Crippen molar-refractivity contribution in [3.05, 3.63) is 72.1 Å². The Hall–Kier alpha value is -2.16. The van der Waals surface area contributed by atoms with Crippen LogP contribution in [-0.4, -0.2) is 4.57 Å². The Bertz CT molecular complexity index is 807. The van der Waals surface area contributed by atoms with E-state index in [1.54, 1.807) is 0 Å². The Labute approximate surface area is 189 Å². The van der Waals surface area contributed by atoms with Crippen LogP contribution in [0.5, 0.6) is 0 Å². The fourth-order valence-corrected chi connectivity index (χ4v) is 3.30. The molecule has 3 rings (SSSR count). The van der Waals surface area contributed by atoms with Gasteiger partial charge >= 0.3 is 0 Å². The van der Waals surface area contributed by atoms with Crippen molar-refractivity contribution in [1.82, 2.24) is 4.57 Å². The molecule has 0 saturated carbocycles. The lowest BCUT2D eigenvalue weighted by atomic mass is 9.90. The molecule has 3 heteroatoms. The second-order valence-electron chi connectivity index (χ2n) is 8.04. The van der Waals surface area contributed by atoms with Crippen molar-refractivity contribution in [2.24, 2.45) is 11.3 Å². The van der Waals surface area contributed by atoms with Gasteiger partial charge in [0.05, 0.1) is 0 Å². The fourth-order valence-electron chi connectivity index (χ4n) is 3.30. The Morgan fingerprint density at radius 3 is 2.13 bits per heavy atom. The van der Waals surface area contributed by atoms with E-state index in [4.69, 9.17) is 0 Å². The quantitative estimate of drug-likeness (QED) is 0.454. The normalized spacial score (nSPS) is 14.5. The summed E-state index contributed by atoms with van der Waals surface area (Å²) in [5, 5.41) is 0. The monoisotopic (exact) mass is 431 g/mol. The van der Waals surface area contributed by atoms with Crippen molar-refractivity contribution in [3.63, 3.8) is 0 Å². The molecule has 1 atom stereocenters. The lowest BCUT2D eigenvalue weighted by Gasteiger charge is -2.21. The predicted molar refractivity (Wildman–Crippen MR) is 133 cm³/mol. The summed E-state index contributed by atoms with van der Waals surface area (Å²) in [6.45, 7) is 19.4. The fraction of sp³-hybridized carbons (Fsp3) is 0.500. The van der Waals surface area contributed by atoms with Gasteiger partial charge < -0.3 is 4.57 Å². The zero-order valence-corrected chi connectivity index (χ0v) is 21.1. The molecule has 1 nitrogen and oxygen atoms in total. The van der Waals surface area contributed by atoms with Crippen LogP contribution < -0.4 is 0 Å². The minimum atomic E-state index is -0.415. The van der Waals surface area contributed by atoms with Gasteiger partial charge in [0, 0.05) is 29.6 Å². The maximum absolute atomic E-state index is 14.2. The SMILES string of the molecule is CC.CC.CC.CC(C)(C)Cc1cc(-c2cc(F)ccc2F)cn1CC1C=CC=CC1. The van der Waals surface area contributed by atoms with Gasteiger partial charge in [-0.3, -0.25) is 0 Å². The van der Waals surface area contributed by atoms with Gasteiger partial charge in [-0.15, -0.1) is 0 Å². The van der Waals surface area contributed by atoms with E-state index in [0.717, 1.165) is 36.7 Å². The molecule has 1 unspecified atom stereocenters. The zero-order valence-electron chi connectivity index (χ0n) is 21.1. The number of benzene rings is 1. The molecule has 0 spiro atoms. The molecule has 1 heterocycles. The summed E-state index contributed by atoms with van der Waals surface area (Å²) in [7, 11) is 0. The van der Waals surface area contributed by atoms with Crippen molar-refractivity contribution in [3.8, 4) is 11.1 Å². The summed E-state index contributed by atoms with van der Waals surface area (Å²) in [4.78, 5) is 0. The average Bonchev–Trinajstić information content (AvgIpc) is 3.15. The summed E-state index contributed by atoms with van der Waals surface area (Å²) in [5.41, 5.74) is 2.35. The first kappa shape index (κ1) is 28.8. The number of allylic oxidation sites excluding steroid dienone is 4. The van der Waals surface area contributed by atoms with Crippen LogP contribution in [0, 0.1) is 23.0 Å². The first-order valence-electron chi connectivity index (χ1n) is 11.8. The molecule has 1 aromatic heterocycles. The summed E-state index contributed by atoms with van der Waals surface area (Å²) >= 11 is 0. The van der Waals surface area contributed by atoms with E-state index in [1.165, 1.54) is 12.1 Å². The molecule has 0 amide bonds. The standard InChI is InChI=1S/C22H25F2N.3C2H6/c1-22(2,3)13-19-11-17(20-12-18(23)9-10-21(20)24)15-25(19)14-16-7-5-4-6-8-16;3*1-2/h4-7,9-12,15-16H,8,13-14H2,1-3H3;3*1-2H3. The molecule has 1 aliphatic carbocycles. The molecule has 0 saturated heterocycles. The predicted octanol–water partition coefficient (Wildman–Crippen LogP) is 9.23. The number of halogens is 2. The van der Waals surface area contributed by atoms with Crippen LogP contribution in [0.3, 0.4) is 0 Å². The molecular formula is C28H43F2N. The maximum atomic E-state index is 14.2. The molecular weight excluding hydrogens is 388 g/mol. The Kier molecular flexibility index (Phi) is 13.7. The molecule has 1 aromatic carbocycles. The first-order chi connectivity index (χ1) is 14.8. The van der Waals surface area contributed by atoms with Gasteiger partial charge in [0.2, 0.25) is 0 Å². The van der Waals surface area contributed by atoms with E-state index in [9.17, 15) is 8.78 Å². The van der Waals surface area contributed by atoms with Gasteiger partial charge in [0.15, 0.2) is 0 Å². The van der Waals surface area contributed by atoms with Crippen molar-refractivity contribution in [2.75, 3.05) is 0 Å². The average molecular weight is 432 g/mol. The zero-order chi connectivity index (χ0) is 24.0. The van der Waals surface area contributed by atoms with Gasteiger partial charge in [-0.05, 0) is 48.4 Å². The Morgan fingerprint density at radius 1 is 0.935 bits per heavy atom. The highest BCUT2D eigenvalue weighted by atomic mass is 19.1. The highest BCUT2D eigenvalue weighted by molar-refractivity contribution is 5.64. The molecule has 0 aliphatic heterocycles. The van der Waals surface area contributed by atoms with Crippen molar-refractivity contribution in [1.29, 1.82) is 0 Å². The number of rotatable bonds is 4. The third kappa shape index (κ3) is 9.67. The third-order valence-electron chi connectivity index (χ3n) is 4.44. The second kappa shape index (κ2) is 14.8. The molecule has 0 radical (unpaired) electrons. The molecule has 1 aliphatic rings. The van der Waals surface area contributed by atoms with Crippen LogP contribution in [0.4, 0.5) is 8.78 Å². The van der Waals surface area contributed by atoms with Crippen LogP contribution in [0.1, 0.15) is 74.4 Å². The van der Waals surface area contributed by atoms with E-state index >= 15 is 0 Å². The number of hydrogen-bond acceptors (Lipinski definition) is 0. The van der Waals surface area contributed by atoms with Gasteiger partial charge in [-0.1, -0.05) is 86.6 Å². The van der Waals surface area contributed by atoms with Gasteiger partial charge in [-0.2, -0.15) is 0 Å². The summed E-state index contributed by atoms with van der Waals surface area (Å²) in [6.07, 6.45) is 12.4. The van der Waals surface area contributed by atoms with E-state index in [1.807, 2.05) is 53.8 Å². The summed E-state index contributed by atoms with van der Waals surface area (Å²) < 4.78 is 30.0. The molecule has 31 heavy (non-hydrogen) atoms. The number of hydrogen-bond donors (Lipinski definition) is 0. The van der Waals surface area contributed by atoms with Crippen molar-refractivity contribution in [2.45, 2.75) is 81.7 Å². The molecule has 174 valence electrons. The van der Waals surface area contributed by atoms with E-state index in [0.29, 0.717) is 11.5 Å². The minimum Gasteiger partial charge on any atom is -0.350 e. The lowest BCUT2D eigenvalue weighted by Crippen LogP contribution is -2.16. The van der Waals surface area contributed by atoms with Gasteiger partial charge in [-0.25, -0.2) is 8.78 Å². The number of aromatic nitrogens is 1. The van der Waals surface area contributed by atoms with E-state index < -0.39 is 5.82 Å². The van der Waals surface area contributed by atoms with Crippen LogP contribution in [0.2, 0.25) is 0 Å². The molecule has 0 fully saturated rings. The Balaban J connectivity index is 0.00000138. The molecule has 0 N–H and O–H groups in total. The highest BCUT2D eigenvalue weighted by Crippen LogP contribution is 2.30. The van der Waals surface area contributed by atoms with Crippen LogP contribution >= 0.6 is 0 Å². The van der Waals surface area contributed by atoms with Gasteiger partial charge in [0.25, 0.3) is 0 Å². The summed E-state index contributed by atoms with van der Waals surface area (Å²) in [5.74, 6) is -0.371. The van der Waals surface area contributed by atoms with Crippen molar-refractivity contribution < 1.29 is 8.78 Å². The minimum absolute atomic E-state index is 0.121. The van der Waals surface area contributed by atoms with E-state index in [-0.39, 0.29) is 11.2 Å². The highest BCUT2D eigenvalue weighted by Gasteiger charge is 2.19. The van der Waals surface area contributed by atoms with Crippen molar-refractivity contribution >= 4 is 0 Å². The summed E-state index contributed by atoms with van der Waals surface area (Å²) in [6, 6.07) is 5.63. The Morgan fingerprint density at radius 2 is 1.58 bits per heavy atom. The van der Waals surface area contributed by atoms with Crippen LogP contribution in [-0.2, 0) is 13.0 Å². The second-order valence-corrected chi connectivity index (χ2v) is 8.04. The largest absolute Gasteiger partial charge is 0.350 e. The first-order valence-corrected chi connectivity index (χ1v) is 11.8. The molecule has 0 bridgehead atoms. The lowest BCUT2D eigenvalue weighted by molar-refractivity contribution is 0.391. The maximum Gasteiger partial charge on any atom is 0.131 e. The van der Waals surface area contributed by atoms with Gasteiger partial charge in [0.1, 0.15) is 11.6 Å². The molecule has 2 aromatic rings. The topological polar surface area (TPSA) is 4.93 Å². The van der Waals surface area contributed by atoms with Crippen LogP contribution in [0.25, 0.3) is 11.1 Å².